The highest BCUT2D eigenvalue weighted by atomic mass is 32.1. The lowest BCUT2D eigenvalue weighted by atomic mass is 9.91. The van der Waals surface area contributed by atoms with Crippen molar-refractivity contribution in [3.63, 3.8) is 0 Å². The van der Waals surface area contributed by atoms with Crippen molar-refractivity contribution in [3.8, 4) is 22.3 Å². The van der Waals surface area contributed by atoms with Crippen molar-refractivity contribution in [2.75, 3.05) is 0 Å². The molecule has 1 aliphatic carbocycles. The number of H-pyrrole nitrogens is 1. The largest absolute Gasteiger partial charge is 0.347 e. The molecule has 0 spiro atoms. The van der Waals surface area contributed by atoms with Crippen LogP contribution in [0.1, 0.15) is 35.4 Å². The fourth-order valence-electron chi connectivity index (χ4n) is 3.81. The molecule has 29 heavy (non-hydrogen) atoms. The Labute approximate surface area is 171 Å². The third kappa shape index (κ3) is 3.43. The van der Waals surface area contributed by atoms with Crippen molar-refractivity contribution in [1.29, 1.82) is 0 Å². The minimum Gasteiger partial charge on any atom is -0.347 e. The van der Waals surface area contributed by atoms with E-state index in [2.05, 4.69) is 25.6 Å². The first-order valence-corrected chi connectivity index (χ1v) is 10.5. The standard InChI is InChI=1S/C20H21N7OS/c21-16-3-1-2-4-17(16)26-20(28)18-5-12(11-29-18)15-9-25-27-10-14(6-22-19(15)27)13-7-23-24-8-13/h5-11,16-17H,1-4,21H2,(H,23,24)(H,26,28)/t16-,17+/m0/s1. The third-order valence-corrected chi connectivity index (χ3v) is 6.39. The van der Waals surface area contributed by atoms with E-state index in [1.165, 1.54) is 11.3 Å². The Hall–Kier alpha value is -3.04. The van der Waals surface area contributed by atoms with Gasteiger partial charge in [0.2, 0.25) is 0 Å². The first-order valence-electron chi connectivity index (χ1n) is 9.67. The van der Waals surface area contributed by atoms with Crippen LogP contribution >= 0.6 is 11.3 Å². The molecule has 0 bridgehead atoms. The predicted octanol–water partition coefficient (Wildman–Crippen LogP) is 2.85. The Morgan fingerprint density at radius 1 is 1.21 bits per heavy atom. The van der Waals surface area contributed by atoms with Gasteiger partial charge in [0.05, 0.1) is 17.3 Å². The summed E-state index contributed by atoms with van der Waals surface area (Å²) in [6.07, 6.45) is 13.2. The van der Waals surface area contributed by atoms with E-state index in [0.29, 0.717) is 4.88 Å². The summed E-state index contributed by atoms with van der Waals surface area (Å²) in [5, 5.41) is 16.3. The maximum Gasteiger partial charge on any atom is 0.261 e. The first kappa shape index (κ1) is 18.0. The molecule has 4 heterocycles. The number of rotatable bonds is 4. The Bertz CT molecular complexity index is 1150. The fraction of sp³-hybridized carbons (Fsp3) is 0.300. The maximum absolute atomic E-state index is 12.7. The molecule has 0 saturated heterocycles. The number of thiophene rings is 1. The van der Waals surface area contributed by atoms with E-state index < -0.39 is 0 Å². The van der Waals surface area contributed by atoms with Crippen molar-refractivity contribution in [2.24, 2.45) is 5.73 Å². The van der Waals surface area contributed by atoms with Crippen molar-refractivity contribution in [1.82, 2.24) is 30.1 Å². The van der Waals surface area contributed by atoms with Gasteiger partial charge in [-0.3, -0.25) is 9.89 Å². The molecule has 0 aliphatic heterocycles. The van der Waals surface area contributed by atoms with Gasteiger partial charge in [0, 0.05) is 47.4 Å². The van der Waals surface area contributed by atoms with Gasteiger partial charge in [-0.2, -0.15) is 10.2 Å². The molecule has 5 rings (SSSR count). The van der Waals surface area contributed by atoms with Crippen LogP contribution in [0.4, 0.5) is 0 Å². The van der Waals surface area contributed by atoms with E-state index >= 15 is 0 Å². The lowest BCUT2D eigenvalue weighted by Gasteiger charge is -2.29. The number of amides is 1. The highest BCUT2D eigenvalue weighted by Gasteiger charge is 2.24. The minimum absolute atomic E-state index is 0.0420. The Morgan fingerprint density at radius 2 is 2.10 bits per heavy atom. The number of hydrogen-bond donors (Lipinski definition) is 3. The zero-order valence-corrected chi connectivity index (χ0v) is 16.5. The number of fused-ring (bicyclic) bond motifs is 1. The van der Waals surface area contributed by atoms with E-state index in [1.54, 1.807) is 23.1 Å². The van der Waals surface area contributed by atoms with Crippen LogP contribution in [0.25, 0.3) is 27.9 Å². The number of hydrogen-bond acceptors (Lipinski definition) is 6. The second kappa shape index (κ2) is 7.41. The topological polar surface area (TPSA) is 114 Å². The van der Waals surface area contributed by atoms with E-state index in [9.17, 15) is 4.79 Å². The number of aromatic amines is 1. The Morgan fingerprint density at radius 3 is 2.93 bits per heavy atom. The predicted molar refractivity (Wildman–Crippen MR) is 112 cm³/mol. The number of carbonyl (C=O) groups is 1. The molecule has 2 atom stereocenters. The molecule has 1 fully saturated rings. The molecule has 4 N–H and O–H groups in total. The molecule has 1 aliphatic rings. The fourth-order valence-corrected chi connectivity index (χ4v) is 4.62. The van der Waals surface area contributed by atoms with Crippen molar-refractivity contribution < 1.29 is 4.79 Å². The molecular weight excluding hydrogens is 386 g/mol. The van der Waals surface area contributed by atoms with Gasteiger partial charge in [-0.05, 0) is 29.9 Å². The summed E-state index contributed by atoms with van der Waals surface area (Å²) in [5.74, 6) is -0.0599. The molecule has 0 radical (unpaired) electrons. The normalized spacial score (nSPS) is 19.5. The average Bonchev–Trinajstić information content (AvgIpc) is 3.49. The van der Waals surface area contributed by atoms with Crippen molar-refractivity contribution in [2.45, 2.75) is 37.8 Å². The first-order chi connectivity index (χ1) is 14.2. The smallest absolute Gasteiger partial charge is 0.261 e. The molecule has 4 aromatic rings. The van der Waals surface area contributed by atoms with Gasteiger partial charge in [-0.15, -0.1) is 11.3 Å². The number of nitrogens with two attached hydrogens (primary N) is 1. The summed E-state index contributed by atoms with van der Waals surface area (Å²) >= 11 is 1.43. The van der Waals surface area contributed by atoms with Gasteiger partial charge < -0.3 is 11.1 Å². The molecule has 8 nitrogen and oxygen atoms in total. The van der Waals surface area contributed by atoms with Crippen LogP contribution in [0.2, 0.25) is 0 Å². The van der Waals surface area contributed by atoms with Crippen LogP contribution in [0, 0.1) is 0 Å². The second-order valence-electron chi connectivity index (χ2n) is 7.38. The summed E-state index contributed by atoms with van der Waals surface area (Å²) in [6.45, 7) is 0. The van der Waals surface area contributed by atoms with Crippen LogP contribution in [0.5, 0.6) is 0 Å². The summed E-state index contributed by atoms with van der Waals surface area (Å²) in [5.41, 5.74) is 10.6. The van der Waals surface area contributed by atoms with Gasteiger partial charge in [0.1, 0.15) is 0 Å². The lowest BCUT2D eigenvalue weighted by molar-refractivity contribution is 0.0925. The van der Waals surface area contributed by atoms with E-state index in [0.717, 1.165) is 53.6 Å². The number of aromatic nitrogens is 5. The Kier molecular flexibility index (Phi) is 4.61. The summed E-state index contributed by atoms with van der Waals surface area (Å²) in [7, 11) is 0. The molecule has 0 aromatic carbocycles. The number of nitrogens with one attached hydrogen (secondary N) is 2. The summed E-state index contributed by atoms with van der Waals surface area (Å²) in [4.78, 5) is 17.9. The molecule has 1 amide bonds. The van der Waals surface area contributed by atoms with Crippen molar-refractivity contribution in [3.05, 3.63) is 47.3 Å². The second-order valence-corrected chi connectivity index (χ2v) is 8.30. The van der Waals surface area contributed by atoms with Gasteiger partial charge >= 0.3 is 0 Å². The summed E-state index contributed by atoms with van der Waals surface area (Å²) < 4.78 is 1.75. The van der Waals surface area contributed by atoms with E-state index in [-0.39, 0.29) is 18.0 Å². The van der Waals surface area contributed by atoms with Crippen LogP contribution in [-0.2, 0) is 0 Å². The highest BCUT2D eigenvalue weighted by Crippen LogP contribution is 2.29. The van der Waals surface area contributed by atoms with Crippen LogP contribution in [-0.4, -0.2) is 42.8 Å². The molecule has 148 valence electrons. The van der Waals surface area contributed by atoms with Crippen LogP contribution in [0.3, 0.4) is 0 Å². The molecule has 4 aromatic heterocycles. The minimum atomic E-state index is -0.0599. The number of carbonyl (C=O) groups excluding carboxylic acids is 1. The lowest BCUT2D eigenvalue weighted by Crippen LogP contribution is -2.49. The summed E-state index contributed by atoms with van der Waals surface area (Å²) in [6, 6.07) is 2.00. The van der Waals surface area contributed by atoms with Gasteiger partial charge in [-0.1, -0.05) is 12.8 Å². The van der Waals surface area contributed by atoms with E-state index in [1.807, 2.05) is 23.8 Å². The van der Waals surface area contributed by atoms with E-state index in [4.69, 9.17) is 5.73 Å². The zero-order valence-electron chi connectivity index (χ0n) is 15.7. The molecular formula is C20H21N7OS. The Balaban J connectivity index is 1.38. The average molecular weight is 408 g/mol. The quantitative estimate of drug-likeness (QED) is 0.481. The maximum atomic E-state index is 12.7. The monoisotopic (exact) mass is 407 g/mol. The SMILES string of the molecule is N[C@H]1CCCC[C@H]1NC(=O)c1cc(-c2cnn3cc(-c4cn[nH]c4)cnc23)cs1. The van der Waals surface area contributed by atoms with Crippen molar-refractivity contribution >= 4 is 22.9 Å². The van der Waals surface area contributed by atoms with Crippen LogP contribution in [0.15, 0.2) is 42.4 Å². The third-order valence-electron chi connectivity index (χ3n) is 5.46. The highest BCUT2D eigenvalue weighted by molar-refractivity contribution is 7.12. The molecule has 0 unspecified atom stereocenters. The number of nitrogens with zero attached hydrogens (tertiary/aromatic N) is 4. The van der Waals surface area contributed by atoms with Gasteiger partial charge in [0.25, 0.3) is 5.91 Å². The van der Waals surface area contributed by atoms with Gasteiger partial charge in [-0.25, -0.2) is 9.50 Å². The van der Waals surface area contributed by atoms with Crippen LogP contribution < -0.4 is 11.1 Å². The molecule has 9 heteroatoms. The van der Waals surface area contributed by atoms with Gasteiger partial charge in [0.15, 0.2) is 5.65 Å². The molecule has 1 saturated carbocycles. The zero-order chi connectivity index (χ0) is 19.8.